The van der Waals surface area contributed by atoms with Gasteiger partial charge in [-0.15, -0.1) is 0 Å². The second-order valence-corrected chi connectivity index (χ2v) is 5.46. The van der Waals surface area contributed by atoms with Crippen LogP contribution in [-0.4, -0.2) is 60.0 Å². The Balaban J connectivity index is 2.77. The van der Waals surface area contributed by atoms with Crippen LogP contribution in [0.1, 0.15) is 25.0 Å². The van der Waals surface area contributed by atoms with Gasteiger partial charge < -0.3 is 31.8 Å². The maximum absolute atomic E-state index is 12.5. The Bertz CT molecular complexity index is 548. The predicted octanol–water partition coefficient (Wildman–Crippen LogP) is -1.82. The highest BCUT2D eigenvalue weighted by molar-refractivity contribution is 5.91. The summed E-state index contributed by atoms with van der Waals surface area (Å²) in [6.45, 7) is 0.247. The van der Waals surface area contributed by atoms with Crippen LogP contribution in [0.3, 0.4) is 0 Å². The topological polar surface area (TPSA) is 165 Å². The molecule has 0 radical (unpaired) electrons. The summed E-state index contributed by atoms with van der Waals surface area (Å²) in [6, 6.07) is -1.71. The quantitative estimate of drug-likeness (QED) is 0.230. The van der Waals surface area contributed by atoms with Crippen LogP contribution in [0.25, 0.3) is 0 Å². The molecule has 2 amide bonds. The Morgan fingerprint density at radius 2 is 2.00 bits per heavy atom. The lowest BCUT2D eigenvalue weighted by molar-refractivity contribution is -0.145. The summed E-state index contributed by atoms with van der Waals surface area (Å²) in [5.41, 5.74) is 11.3. The van der Waals surface area contributed by atoms with Crippen LogP contribution in [0.4, 0.5) is 0 Å². The van der Waals surface area contributed by atoms with Gasteiger partial charge in [-0.1, -0.05) is 0 Å². The molecule has 0 saturated carbocycles. The molecular formula is C15H26N6O4. The molecule has 25 heavy (non-hydrogen) atoms. The monoisotopic (exact) mass is 354 g/mol. The van der Waals surface area contributed by atoms with Gasteiger partial charge in [0.05, 0.1) is 25.7 Å². The van der Waals surface area contributed by atoms with Crippen LogP contribution >= 0.6 is 0 Å². The number of carbonyl (C=O) groups excluding carboxylic acids is 3. The summed E-state index contributed by atoms with van der Waals surface area (Å²) in [7, 11) is 1.25. The first-order valence-electron chi connectivity index (χ1n) is 8.07. The van der Waals surface area contributed by atoms with E-state index in [1.807, 2.05) is 0 Å². The van der Waals surface area contributed by atoms with E-state index < -0.39 is 29.9 Å². The summed E-state index contributed by atoms with van der Waals surface area (Å²) in [4.78, 5) is 42.8. The number of imidazole rings is 1. The predicted molar refractivity (Wildman–Crippen MR) is 90.1 cm³/mol. The lowest BCUT2D eigenvalue weighted by Crippen LogP contribution is -2.53. The van der Waals surface area contributed by atoms with E-state index >= 15 is 0 Å². The largest absolute Gasteiger partial charge is 0.467 e. The molecule has 1 aromatic rings. The van der Waals surface area contributed by atoms with Gasteiger partial charge in [-0.05, 0) is 25.8 Å². The maximum atomic E-state index is 12.5. The number of hydrogen-bond donors (Lipinski definition) is 5. The molecule has 7 N–H and O–H groups in total. The molecular weight excluding hydrogens is 328 g/mol. The second kappa shape index (κ2) is 11.2. The van der Waals surface area contributed by atoms with Gasteiger partial charge in [0.1, 0.15) is 12.1 Å². The fraction of sp³-hybridized carbons (Fsp3) is 0.600. The number of unbranched alkanes of at least 4 members (excludes halogenated alkanes) is 1. The highest BCUT2D eigenvalue weighted by Crippen LogP contribution is 2.05. The highest BCUT2D eigenvalue weighted by Gasteiger charge is 2.27. The van der Waals surface area contributed by atoms with Gasteiger partial charge in [0.15, 0.2) is 0 Å². The van der Waals surface area contributed by atoms with E-state index in [4.69, 9.17) is 16.2 Å². The minimum absolute atomic E-state index is 0.164. The van der Waals surface area contributed by atoms with E-state index in [-0.39, 0.29) is 13.0 Å². The fourth-order valence-corrected chi connectivity index (χ4v) is 2.23. The molecule has 1 heterocycles. The molecule has 140 valence electrons. The molecule has 1 aromatic heterocycles. The highest BCUT2D eigenvalue weighted by atomic mass is 16.5. The van der Waals surface area contributed by atoms with Crippen LogP contribution in [0.5, 0.6) is 0 Å². The molecule has 0 unspecified atom stereocenters. The van der Waals surface area contributed by atoms with Crippen molar-refractivity contribution in [3.8, 4) is 0 Å². The van der Waals surface area contributed by atoms with Gasteiger partial charge >= 0.3 is 5.97 Å². The second-order valence-electron chi connectivity index (χ2n) is 5.46. The fourth-order valence-electron chi connectivity index (χ4n) is 2.23. The van der Waals surface area contributed by atoms with Crippen molar-refractivity contribution in [1.29, 1.82) is 0 Å². The zero-order valence-electron chi connectivity index (χ0n) is 14.3. The SMILES string of the molecule is COC(=O)[C@H](CCCCN)NC(=O)[C@H](Cc1c[nH]cn1)NC(=O)CN. The molecule has 10 heteroatoms. The number of hydrogen-bond acceptors (Lipinski definition) is 7. The molecule has 0 fully saturated rings. The Kier molecular flexibility index (Phi) is 9.19. The molecule has 0 spiro atoms. The number of esters is 1. The van der Waals surface area contributed by atoms with Crippen LogP contribution in [0.2, 0.25) is 0 Å². The Hall–Kier alpha value is -2.46. The third-order valence-electron chi connectivity index (χ3n) is 3.55. The van der Waals surface area contributed by atoms with Crippen molar-refractivity contribution in [2.75, 3.05) is 20.2 Å². The van der Waals surface area contributed by atoms with Crippen LogP contribution < -0.4 is 22.1 Å². The molecule has 0 aliphatic rings. The Morgan fingerprint density at radius 3 is 2.56 bits per heavy atom. The number of H-pyrrole nitrogens is 1. The van der Waals surface area contributed by atoms with E-state index in [2.05, 4.69) is 20.6 Å². The van der Waals surface area contributed by atoms with Crippen LogP contribution in [-0.2, 0) is 25.5 Å². The number of aromatic nitrogens is 2. The standard InChI is InChI=1S/C15H26N6O4/c1-25-15(24)11(4-2-3-5-16)21-14(23)12(20-13(22)7-17)6-10-8-18-9-19-10/h8-9,11-12H,2-7,16-17H2,1H3,(H,18,19)(H,20,22)(H,21,23)/t11-,12-/m0/s1. The van der Waals surface area contributed by atoms with Crippen LogP contribution in [0, 0.1) is 0 Å². The van der Waals surface area contributed by atoms with Gasteiger partial charge in [0.25, 0.3) is 0 Å². The van der Waals surface area contributed by atoms with E-state index in [0.717, 1.165) is 6.42 Å². The number of aromatic amines is 1. The third kappa shape index (κ3) is 7.31. The van der Waals surface area contributed by atoms with E-state index in [0.29, 0.717) is 25.1 Å². The molecule has 0 aliphatic carbocycles. The number of nitrogens with one attached hydrogen (secondary N) is 3. The first-order valence-corrected chi connectivity index (χ1v) is 8.07. The zero-order chi connectivity index (χ0) is 18.7. The van der Waals surface area contributed by atoms with E-state index in [1.54, 1.807) is 6.20 Å². The van der Waals surface area contributed by atoms with Gasteiger partial charge in [0.2, 0.25) is 11.8 Å². The number of nitrogens with two attached hydrogens (primary N) is 2. The Labute approximate surface area is 146 Å². The number of ether oxygens (including phenoxy) is 1. The van der Waals surface area contributed by atoms with Gasteiger partial charge in [0, 0.05) is 12.6 Å². The summed E-state index contributed by atoms with van der Waals surface area (Å²) in [5, 5.41) is 5.15. The summed E-state index contributed by atoms with van der Waals surface area (Å²) in [6.07, 6.45) is 5.04. The molecule has 0 aromatic carbocycles. The van der Waals surface area contributed by atoms with E-state index in [1.165, 1.54) is 13.4 Å². The third-order valence-corrected chi connectivity index (χ3v) is 3.55. The van der Waals surface area contributed by atoms with Gasteiger partial charge in [-0.3, -0.25) is 9.59 Å². The first kappa shape index (κ1) is 20.6. The molecule has 0 bridgehead atoms. The van der Waals surface area contributed by atoms with Gasteiger partial charge in [-0.2, -0.15) is 0 Å². The van der Waals surface area contributed by atoms with Crippen molar-refractivity contribution in [2.24, 2.45) is 11.5 Å². The van der Waals surface area contributed by atoms with Gasteiger partial charge in [-0.25, -0.2) is 9.78 Å². The van der Waals surface area contributed by atoms with Crippen molar-refractivity contribution in [1.82, 2.24) is 20.6 Å². The smallest absolute Gasteiger partial charge is 0.328 e. The van der Waals surface area contributed by atoms with Crippen molar-refractivity contribution in [3.05, 3.63) is 18.2 Å². The molecule has 2 atom stereocenters. The summed E-state index contributed by atoms with van der Waals surface area (Å²) in [5.74, 6) is -1.53. The maximum Gasteiger partial charge on any atom is 0.328 e. The summed E-state index contributed by atoms with van der Waals surface area (Å²) < 4.78 is 4.72. The minimum Gasteiger partial charge on any atom is -0.467 e. The van der Waals surface area contributed by atoms with Crippen molar-refractivity contribution >= 4 is 17.8 Å². The number of rotatable bonds is 11. The number of methoxy groups -OCH3 is 1. The average molecular weight is 354 g/mol. The van der Waals surface area contributed by atoms with E-state index in [9.17, 15) is 14.4 Å². The lowest BCUT2D eigenvalue weighted by Gasteiger charge is -2.21. The number of nitrogens with zero attached hydrogens (tertiary/aromatic N) is 1. The normalized spacial score (nSPS) is 12.9. The average Bonchev–Trinajstić information content (AvgIpc) is 3.12. The lowest BCUT2D eigenvalue weighted by atomic mass is 10.1. The summed E-state index contributed by atoms with van der Waals surface area (Å²) >= 11 is 0. The number of amides is 2. The van der Waals surface area contributed by atoms with Crippen molar-refractivity contribution in [3.63, 3.8) is 0 Å². The Morgan fingerprint density at radius 1 is 1.24 bits per heavy atom. The minimum atomic E-state index is -0.902. The van der Waals surface area contributed by atoms with Crippen molar-refractivity contribution in [2.45, 2.75) is 37.8 Å². The first-order chi connectivity index (χ1) is 12.0. The van der Waals surface area contributed by atoms with Crippen LogP contribution in [0.15, 0.2) is 12.5 Å². The molecule has 1 rings (SSSR count). The zero-order valence-corrected chi connectivity index (χ0v) is 14.3. The number of carbonyl (C=O) groups is 3. The van der Waals surface area contributed by atoms with Crippen molar-refractivity contribution < 1.29 is 19.1 Å². The molecule has 10 nitrogen and oxygen atoms in total. The molecule has 0 saturated heterocycles. The molecule has 0 aliphatic heterocycles.